The lowest BCUT2D eigenvalue weighted by molar-refractivity contribution is -0.133. The predicted octanol–water partition coefficient (Wildman–Crippen LogP) is 3.65. The van der Waals surface area contributed by atoms with Crippen molar-refractivity contribution < 1.29 is 9.59 Å². The Hall–Kier alpha value is -3.41. The summed E-state index contributed by atoms with van der Waals surface area (Å²) in [4.78, 5) is 34.5. The van der Waals surface area contributed by atoms with E-state index in [2.05, 4.69) is 15.3 Å². The molecule has 2 aromatic heterocycles. The molecular weight excluding hydrogens is 352 g/mol. The highest BCUT2D eigenvalue weighted by atomic mass is 16.2. The number of anilines is 2. The van der Waals surface area contributed by atoms with Crippen LogP contribution in [0.5, 0.6) is 0 Å². The Labute approximate surface area is 163 Å². The first kappa shape index (κ1) is 18.0. The lowest BCUT2D eigenvalue weighted by Crippen LogP contribution is -2.35. The molecule has 142 valence electrons. The summed E-state index contributed by atoms with van der Waals surface area (Å²) in [6, 6.07) is 13.6. The molecule has 6 nitrogen and oxygen atoms in total. The van der Waals surface area contributed by atoms with Crippen molar-refractivity contribution in [3.63, 3.8) is 0 Å². The van der Waals surface area contributed by atoms with Gasteiger partial charge in [-0.05, 0) is 24.3 Å². The highest BCUT2D eigenvalue weighted by Crippen LogP contribution is 2.40. The van der Waals surface area contributed by atoms with Gasteiger partial charge in [0.1, 0.15) is 0 Å². The van der Waals surface area contributed by atoms with Crippen molar-refractivity contribution in [2.45, 2.75) is 12.8 Å². The van der Waals surface area contributed by atoms with E-state index in [-0.39, 0.29) is 24.0 Å². The molecule has 2 heterocycles. The molecule has 0 radical (unpaired) electrons. The number of rotatable bonds is 4. The van der Waals surface area contributed by atoms with Crippen molar-refractivity contribution in [1.29, 1.82) is 0 Å². The Bertz CT molecular complexity index is 1010. The maximum atomic E-state index is 13.0. The van der Waals surface area contributed by atoms with E-state index in [1.54, 1.807) is 31.4 Å². The zero-order valence-corrected chi connectivity index (χ0v) is 15.9. The monoisotopic (exact) mass is 374 g/mol. The lowest BCUT2D eigenvalue weighted by Gasteiger charge is -2.24. The number of hydrogen-bond acceptors (Lipinski definition) is 4. The van der Waals surface area contributed by atoms with Crippen LogP contribution < -0.4 is 5.32 Å². The average molecular weight is 374 g/mol. The van der Waals surface area contributed by atoms with E-state index in [1.807, 2.05) is 42.5 Å². The summed E-state index contributed by atoms with van der Waals surface area (Å²) >= 11 is 0. The van der Waals surface area contributed by atoms with Crippen LogP contribution >= 0.6 is 0 Å². The minimum absolute atomic E-state index is 0.0170. The maximum Gasteiger partial charge on any atom is 0.226 e. The van der Waals surface area contributed by atoms with E-state index in [0.717, 1.165) is 28.3 Å². The van der Waals surface area contributed by atoms with Gasteiger partial charge in [0.2, 0.25) is 5.91 Å². The van der Waals surface area contributed by atoms with Crippen LogP contribution in [0, 0.1) is 5.92 Å². The predicted molar refractivity (Wildman–Crippen MR) is 109 cm³/mol. The number of pyridine rings is 1. The van der Waals surface area contributed by atoms with Crippen molar-refractivity contribution in [2.24, 2.45) is 5.92 Å². The topological polar surface area (TPSA) is 78.1 Å². The Kier molecular flexibility index (Phi) is 4.69. The zero-order valence-electron chi connectivity index (χ0n) is 15.9. The van der Waals surface area contributed by atoms with Crippen LogP contribution in [-0.4, -0.2) is 40.7 Å². The van der Waals surface area contributed by atoms with Gasteiger partial charge in [0.15, 0.2) is 5.78 Å². The standard InChI is InChI=1S/C22H22N4O2/c1-26(2)22(28)15-12-17-19(18(27)13-15)21(24-16-6-4-3-5-7-16)20(25-17)14-8-10-23-11-9-14/h3-11,15,24-25H,12-13H2,1-2H3. The number of aromatic nitrogens is 2. The number of carbonyl (C=O) groups excluding carboxylic acids is 2. The minimum Gasteiger partial charge on any atom is -0.356 e. The second kappa shape index (κ2) is 7.31. The third-order valence-corrected chi connectivity index (χ3v) is 5.04. The first-order valence-corrected chi connectivity index (χ1v) is 9.26. The molecule has 0 spiro atoms. The third kappa shape index (κ3) is 3.29. The van der Waals surface area contributed by atoms with Crippen LogP contribution in [0.25, 0.3) is 11.3 Å². The third-order valence-electron chi connectivity index (χ3n) is 5.04. The molecule has 1 aromatic carbocycles. The van der Waals surface area contributed by atoms with Crippen LogP contribution in [0.15, 0.2) is 54.9 Å². The molecule has 28 heavy (non-hydrogen) atoms. The van der Waals surface area contributed by atoms with E-state index in [0.29, 0.717) is 12.0 Å². The first-order chi connectivity index (χ1) is 13.5. The van der Waals surface area contributed by atoms with Crippen molar-refractivity contribution in [2.75, 3.05) is 19.4 Å². The number of H-pyrrole nitrogens is 1. The highest BCUT2D eigenvalue weighted by Gasteiger charge is 2.35. The molecule has 3 aromatic rings. The summed E-state index contributed by atoms with van der Waals surface area (Å²) in [7, 11) is 3.45. The molecule has 1 unspecified atom stereocenters. The molecule has 1 atom stereocenters. The van der Waals surface area contributed by atoms with E-state index < -0.39 is 0 Å². The number of benzene rings is 1. The maximum absolute atomic E-state index is 13.0. The van der Waals surface area contributed by atoms with Crippen molar-refractivity contribution in [3.8, 4) is 11.3 Å². The normalized spacial score (nSPS) is 15.8. The van der Waals surface area contributed by atoms with Crippen LogP contribution in [0.1, 0.15) is 22.5 Å². The van der Waals surface area contributed by atoms with Gasteiger partial charge in [0, 0.05) is 56.3 Å². The van der Waals surface area contributed by atoms with Gasteiger partial charge in [-0.3, -0.25) is 14.6 Å². The van der Waals surface area contributed by atoms with Gasteiger partial charge in [-0.25, -0.2) is 0 Å². The molecule has 2 N–H and O–H groups in total. The fourth-order valence-electron chi connectivity index (χ4n) is 3.72. The molecule has 0 fully saturated rings. The number of hydrogen-bond donors (Lipinski definition) is 2. The van der Waals surface area contributed by atoms with Crippen molar-refractivity contribution >= 4 is 23.1 Å². The lowest BCUT2D eigenvalue weighted by atomic mass is 9.85. The van der Waals surface area contributed by atoms with Gasteiger partial charge >= 0.3 is 0 Å². The first-order valence-electron chi connectivity index (χ1n) is 9.26. The molecule has 0 aliphatic heterocycles. The molecule has 1 amide bonds. The Morgan fingerprint density at radius 3 is 2.50 bits per heavy atom. The summed E-state index contributed by atoms with van der Waals surface area (Å²) in [5, 5.41) is 3.41. The summed E-state index contributed by atoms with van der Waals surface area (Å²) in [5.41, 5.74) is 4.89. The van der Waals surface area contributed by atoms with Crippen LogP contribution in [0.4, 0.5) is 11.4 Å². The quantitative estimate of drug-likeness (QED) is 0.731. The van der Waals surface area contributed by atoms with E-state index >= 15 is 0 Å². The Morgan fingerprint density at radius 2 is 1.82 bits per heavy atom. The molecule has 0 saturated heterocycles. The molecule has 0 bridgehead atoms. The van der Waals surface area contributed by atoms with Gasteiger partial charge in [-0.1, -0.05) is 18.2 Å². The van der Waals surface area contributed by atoms with Crippen LogP contribution in [0.3, 0.4) is 0 Å². The van der Waals surface area contributed by atoms with E-state index in [4.69, 9.17) is 0 Å². The number of nitrogens with zero attached hydrogens (tertiary/aromatic N) is 2. The van der Waals surface area contributed by atoms with Gasteiger partial charge in [-0.2, -0.15) is 0 Å². The highest BCUT2D eigenvalue weighted by molar-refractivity contribution is 6.09. The summed E-state index contributed by atoms with van der Waals surface area (Å²) in [6.07, 6.45) is 4.19. The molecule has 1 aliphatic carbocycles. The van der Waals surface area contributed by atoms with E-state index in [9.17, 15) is 9.59 Å². The average Bonchev–Trinajstić information content (AvgIpc) is 3.07. The van der Waals surface area contributed by atoms with Gasteiger partial charge < -0.3 is 15.2 Å². The fraction of sp³-hybridized carbons (Fsp3) is 0.227. The molecule has 1 aliphatic rings. The summed E-state index contributed by atoms with van der Waals surface area (Å²) in [6.45, 7) is 0. The number of nitrogens with one attached hydrogen (secondary N) is 2. The second-order valence-corrected chi connectivity index (χ2v) is 7.22. The van der Waals surface area contributed by atoms with Gasteiger partial charge in [0.05, 0.1) is 22.9 Å². The van der Waals surface area contributed by atoms with Gasteiger partial charge in [-0.15, -0.1) is 0 Å². The number of Topliss-reactive ketones (excluding diaryl/α,β-unsaturated/α-hetero) is 1. The van der Waals surface area contributed by atoms with Crippen molar-refractivity contribution in [3.05, 3.63) is 66.1 Å². The Balaban J connectivity index is 1.81. The van der Waals surface area contributed by atoms with Crippen LogP contribution in [0.2, 0.25) is 0 Å². The number of carbonyl (C=O) groups is 2. The minimum atomic E-state index is -0.330. The zero-order chi connectivity index (χ0) is 19.7. The smallest absolute Gasteiger partial charge is 0.226 e. The number of amides is 1. The summed E-state index contributed by atoms with van der Waals surface area (Å²) in [5.74, 6) is -0.364. The number of aromatic amines is 1. The molecular formula is C22H22N4O2. The SMILES string of the molecule is CN(C)C(=O)C1CC(=O)c2c([nH]c(-c3ccncc3)c2Nc2ccccc2)C1. The second-order valence-electron chi connectivity index (χ2n) is 7.22. The number of ketones is 1. The summed E-state index contributed by atoms with van der Waals surface area (Å²) < 4.78 is 0. The molecule has 0 saturated carbocycles. The van der Waals surface area contributed by atoms with Crippen LogP contribution in [-0.2, 0) is 11.2 Å². The molecule has 6 heteroatoms. The Morgan fingerprint density at radius 1 is 1.11 bits per heavy atom. The number of fused-ring (bicyclic) bond motifs is 1. The number of para-hydroxylation sites is 1. The van der Waals surface area contributed by atoms with Crippen molar-refractivity contribution in [1.82, 2.24) is 14.9 Å². The largest absolute Gasteiger partial charge is 0.356 e. The van der Waals surface area contributed by atoms with E-state index in [1.165, 1.54) is 0 Å². The fourth-order valence-corrected chi connectivity index (χ4v) is 3.72. The molecule has 4 rings (SSSR count). The van der Waals surface area contributed by atoms with Gasteiger partial charge in [0.25, 0.3) is 0 Å².